The van der Waals surface area contributed by atoms with Gasteiger partial charge in [0, 0.05) is 31.3 Å². The highest BCUT2D eigenvalue weighted by Gasteiger charge is 2.35. The summed E-state index contributed by atoms with van der Waals surface area (Å²) in [6.07, 6.45) is 0.986. The van der Waals surface area contributed by atoms with Crippen molar-refractivity contribution in [1.82, 2.24) is 4.90 Å². The maximum absolute atomic E-state index is 13.1. The largest absolute Gasteiger partial charge is 0.465 e. The van der Waals surface area contributed by atoms with Gasteiger partial charge in [-0.25, -0.2) is 9.59 Å². The highest BCUT2D eigenvalue weighted by Crippen LogP contribution is 2.38. The molecule has 33 heavy (non-hydrogen) atoms. The molecular weight excluding hydrogens is 428 g/mol. The van der Waals surface area contributed by atoms with Gasteiger partial charge in [0.25, 0.3) is 0 Å². The number of hydrogen-bond donors (Lipinski definition) is 0. The SMILES string of the molecule is COC(=O)c1cc([C@@H]2CCCN2C(=O)OC(C)(C)C)c2oc(N3CCOCC3)cc(=O)c2c1. The Hall–Kier alpha value is -3.07. The average molecular weight is 459 g/mol. The minimum absolute atomic E-state index is 0.238. The van der Waals surface area contributed by atoms with Crippen LogP contribution >= 0.6 is 0 Å². The van der Waals surface area contributed by atoms with Gasteiger partial charge in [0.1, 0.15) is 11.2 Å². The molecule has 0 aliphatic carbocycles. The first kappa shape index (κ1) is 23.1. The molecule has 0 N–H and O–H groups in total. The smallest absolute Gasteiger partial charge is 0.410 e. The second-order valence-corrected chi connectivity index (χ2v) is 9.31. The second-order valence-electron chi connectivity index (χ2n) is 9.31. The molecule has 0 unspecified atom stereocenters. The maximum atomic E-state index is 13.1. The number of ether oxygens (including phenoxy) is 3. The van der Waals surface area contributed by atoms with Crippen LogP contribution in [0.15, 0.2) is 27.4 Å². The predicted octanol–water partition coefficient (Wildman–Crippen LogP) is 3.49. The molecule has 2 saturated heterocycles. The molecule has 9 heteroatoms. The van der Waals surface area contributed by atoms with E-state index in [1.165, 1.54) is 19.2 Å². The van der Waals surface area contributed by atoms with E-state index in [0.717, 1.165) is 6.42 Å². The number of methoxy groups -OCH3 is 1. The normalized spacial score (nSPS) is 19.1. The van der Waals surface area contributed by atoms with Gasteiger partial charge in [-0.15, -0.1) is 0 Å². The molecule has 2 fully saturated rings. The summed E-state index contributed by atoms with van der Waals surface area (Å²) >= 11 is 0. The number of fused-ring (bicyclic) bond motifs is 1. The Kier molecular flexibility index (Phi) is 6.34. The zero-order valence-corrected chi connectivity index (χ0v) is 19.5. The van der Waals surface area contributed by atoms with E-state index in [1.807, 2.05) is 25.7 Å². The van der Waals surface area contributed by atoms with Crippen LogP contribution in [0.4, 0.5) is 10.7 Å². The minimum atomic E-state index is -0.643. The first-order chi connectivity index (χ1) is 15.7. The van der Waals surface area contributed by atoms with Crippen LogP contribution in [0.2, 0.25) is 0 Å². The van der Waals surface area contributed by atoms with Gasteiger partial charge in [-0.2, -0.15) is 0 Å². The first-order valence-electron chi connectivity index (χ1n) is 11.2. The van der Waals surface area contributed by atoms with E-state index >= 15 is 0 Å². The summed E-state index contributed by atoms with van der Waals surface area (Å²) in [6.45, 7) is 8.27. The number of benzene rings is 1. The lowest BCUT2D eigenvalue weighted by Crippen LogP contribution is -2.37. The van der Waals surface area contributed by atoms with Gasteiger partial charge in [0.05, 0.1) is 37.3 Å². The number of anilines is 1. The summed E-state index contributed by atoms with van der Waals surface area (Å²) < 4.78 is 22.2. The summed E-state index contributed by atoms with van der Waals surface area (Å²) in [6, 6.07) is 4.20. The second kappa shape index (κ2) is 9.05. The van der Waals surface area contributed by atoms with E-state index < -0.39 is 23.7 Å². The van der Waals surface area contributed by atoms with Crippen LogP contribution in [0.3, 0.4) is 0 Å². The molecule has 2 aliphatic heterocycles. The molecule has 3 heterocycles. The van der Waals surface area contributed by atoms with E-state index in [9.17, 15) is 14.4 Å². The average Bonchev–Trinajstić information content (AvgIpc) is 3.27. The van der Waals surface area contributed by atoms with E-state index in [0.29, 0.717) is 56.3 Å². The van der Waals surface area contributed by atoms with E-state index in [-0.39, 0.29) is 16.4 Å². The third-order valence-corrected chi connectivity index (χ3v) is 5.83. The highest BCUT2D eigenvalue weighted by molar-refractivity contribution is 5.95. The Morgan fingerprint density at radius 2 is 1.82 bits per heavy atom. The van der Waals surface area contributed by atoms with Gasteiger partial charge in [-0.1, -0.05) is 0 Å². The summed E-state index contributed by atoms with van der Waals surface area (Å²) in [5.74, 6) is -0.110. The van der Waals surface area contributed by atoms with Crippen LogP contribution in [0, 0.1) is 0 Å². The fourth-order valence-corrected chi connectivity index (χ4v) is 4.32. The van der Waals surface area contributed by atoms with Crippen molar-refractivity contribution >= 4 is 28.9 Å². The van der Waals surface area contributed by atoms with Gasteiger partial charge < -0.3 is 28.4 Å². The molecule has 0 bridgehead atoms. The van der Waals surface area contributed by atoms with Gasteiger partial charge in [-0.3, -0.25) is 4.79 Å². The Morgan fingerprint density at radius 3 is 2.48 bits per heavy atom. The number of likely N-dealkylation sites (tertiary alicyclic amines) is 1. The monoisotopic (exact) mass is 458 g/mol. The molecule has 178 valence electrons. The number of carbonyl (C=O) groups excluding carboxylic acids is 2. The van der Waals surface area contributed by atoms with Gasteiger partial charge in [0.15, 0.2) is 11.3 Å². The highest BCUT2D eigenvalue weighted by atomic mass is 16.6. The Bertz CT molecular complexity index is 1110. The molecule has 2 aromatic rings. The van der Waals surface area contributed by atoms with Crippen LogP contribution in [0.5, 0.6) is 0 Å². The summed E-state index contributed by atoms with van der Waals surface area (Å²) in [4.78, 5) is 42.0. The van der Waals surface area contributed by atoms with Gasteiger partial charge in [-0.05, 0) is 45.7 Å². The van der Waals surface area contributed by atoms with E-state index in [2.05, 4.69) is 0 Å². The quantitative estimate of drug-likeness (QED) is 0.645. The third-order valence-electron chi connectivity index (χ3n) is 5.83. The molecule has 9 nitrogen and oxygen atoms in total. The lowest BCUT2D eigenvalue weighted by Gasteiger charge is -2.30. The summed E-state index contributed by atoms with van der Waals surface area (Å²) in [5, 5.41) is 0.279. The molecule has 1 aromatic heterocycles. The number of hydrogen-bond acceptors (Lipinski definition) is 8. The number of carbonyl (C=O) groups is 2. The molecule has 1 atom stereocenters. The molecule has 0 saturated carbocycles. The van der Waals surface area contributed by atoms with Crippen molar-refractivity contribution in [1.29, 1.82) is 0 Å². The number of esters is 1. The van der Waals surface area contributed by atoms with Crippen molar-refractivity contribution in [3.05, 3.63) is 39.5 Å². The fraction of sp³-hybridized carbons (Fsp3) is 0.542. The molecular formula is C24H30N2O7. The molecule has 0 spiro atoms. The van der Waals surface area contributed by atoms with Crippen molar-refractivity contribution in [2.45, 2.75) is 45.3 Å². The Morgan fingerprint density at radius 1 is 1.09 bits per heavy atom. The number of rotatable bonds is 3. The minimum Gasteiger partial charge on any atom is -0.465 e. The zero-order chi connectivity index (χ0) is 23.8. The number of amides is 1. The van der Waals surface area contributed by atoms with Crippen LogP contribution in [0.1, 0.15) is 55.6 Å². The standard InChI is InChI=1S/C24H30N2O7/c1-24(2,3)33-23(29)26-7-5-6-18(26)16-12-15(22(28)30-4)13-17-19(27)14-20(32-21(16)17)25-8-10-31-11-9-25/h12-14,18H,5-11H2,1-4H3/t18-/m0/s1. The molecule has 4 rings (SSSR count). The fourth-order valence-electron chi connectivity index (χ4n) is 4.32. The zero-order valence-electron chi connectivity index (χ0n) is 19.5. The van der Waals surface area contributed by atoms with Crippen LogP contribution in [0.25, 0.3) is 11.0 Å². The molecule has 0 radical (unpaired) electrons. The predicted molar refractivity (Wildman–Crippen MR) is 122 cm³/mol. The number of morpholine rings is 1. The van der Waals surface area contributed by atoms with Crippen molar-refractivity contribution in [3.8, 4) is 0 Å². The van der Waals surface area contributed by atoms with Crippen LogP contribution in [-0.2, 0) is 14.2 Å². The van der Waals surface area contributed by atoms with Gasteiger partial charge >= 0.3 is 12.1 Å². The van der Waals surface area contributed by atoms with E-state index in [1.54, 1.807) is 11.0 Å². The third kappa shape index (κ3) is 4.83. The topological polar surface area (TPSA) is 98.5 Å². The lowest BCUT2D eigenvalue weighted by molar-refractivity contribution is 0.0225. The van der Waals surface area contributed by atoms with Crippen LogP contribution < -0.4 is 10.3 Å². The van der Waals surface area contributed by atoms with Crippen molar-refractivity contribution in [2.24, 2.45) is 0 Å². The molecule has 2 aliphatic rings. The summed E-state index contributed by atoms with van der Waals surface area (Å²) in [7, 11) is 1.29. The van der Waals surface area contributed by atoms with Crippen molar-refractivity contribution in [2.75, 3.05) is 44.9 Å². The van der Waals surface area contributed by atoms with Crippen LogP contribution in [-0.4, -0.2) is 62.5 Å². The lowest BCUT2D eigenvalue weighted by atomic mass is 9.98. The Balaban J connectivity index is 1.85. The molecule has 1 aromatic carbocycles. The first-order valence-corrected chi connectivity index (χ1v) is 11.2. The summed E-state index contributed by atoms with van der Waals surface area (Å²) in [5.41, 5.74) is 0.311. The van der Waals surface area contributed by atoms with Crippen molar-refractivity contribution < 1.29 is 28.2 Å². The van der Waals surface area contributed by atoms with E-state index in [4.69, 9.17) is 18.6 Å². The molecule has 1 amide bonds. The number of nitrogens with zero attached hydrogens (tertiary/aromatic N) is 2. The van der Waals surface area contributed by atoms with Gasteiger partial charge in [0.2, 0.25) is 0 Å². The van der Waals surface area contributed by atoms with Crippen molar-refractivity contribution in [3.63, 3.8) is 0 Å². The Labute approximate surface area is 192 Å². The maximum Gasteiger partial charge on any atom is 0.410 e.